The first-order valence-electron chi connectivity index (χ1n) is 7.73. The lowest BCUT2D eigenvalue weighted by atomic mass is 10.00. The summed E-state index contributed by atoms with van der Waals surface area (Å²) in [5.41, 5.74) is 4.66. The Labute approximate surface area is 143 Å². The Morgan fingerprint density at radius 3 is 2.83 bits per heavy atom. The third kappa shape index (κ3) is 2.56. The molecule has 0 amide bonds. The van der Waals surface area contributed by atoms with Crippen LogP contribution in [0.5, 0.6) is 0 Å². The van der Waals surface area contributed by atoms with Crippen molar-refractivity contribution in [3.8, 4) is 0 Å². The molecule has 122 valence electrons. The number of aryl methyl sites for hydroxylation is 3. The van der Waals surface area contributed by atoms with Crippen LogP contribution in [0.4, 0.5) is 5.13 Å². The minimum atomic E-state index is -0.0402. The van der Waals surface area contributed by atoms with Gasteiger partial charge in [0.15, 0.2) is 0 Å². The molecule has 2 N–H and O–H groups in total. The van der Waals surface area contributed by atoms with Crippen molar-refractivity contribution in [3.05, 3.63) is 58.5 Å². The number of fused-ring (bicyclic) bond motifs is 1. The van der Waals surface area contributed by atoms with Gasteiger partial charge in [0.1, 0.15) is 5.01 Å². The third-order valence-corrected chi connectivity index (χ3v) is 4.89. The normalized spacial score (nSPS) is 12.6. The maximum atomic E-state index is 4.33. The number of hydrogen-bond donors (Lipinski definition) is 2. The first-order chi connectivity index (χ1) is 11.6. The molecule has 1 atom stereocenters. The van der Waals surface area contributed by atoms with Crippen LogP contribution in [0.15, 0.2) is 36.8 Å². The van der Waals surface area contributed by atoms with Gasteiger partial charge in [0.05, 0.1) is 12.2 Å². The molecule has 0 saturated carbocycles. The average Bonchev–Trinajstić information content (AvgIpc) is 3.26. The van der Waals surface area contributed by atoms with Gasteiger partial charge in [-0.2, -0.15) is 5.10 Å². The number of para-hydroxylation sites is 1. The molecule has 0 spiro atoms. The number of hydrogen-bond acceptors (Lipinski definition) is 5. The molecule has 4 aromatic rings. The predicted octanol–water partition coefficient (Wildman–Crippen LogP) is 3.57. The van der Waals surface area contributed by atoms with Gasteiger partial charge in [-0.1, -0.05) is 29.5 Å². The van der Waals surface area contributed by atoms with Gasteiger partial charge in [-0.25, -0.2) is 0 Å². The lowest BCUT2D eigenvalue weighted by Crippen LogP contribution is -2.11. The Kier molecular flexibility index (Phi) is 3.57. The minimum Gasteiger partial charge on any atom is -0.361 e. The summed E-state index contributed by atoms with van der Waals surface area (Å²) in [7, 11) is 1.93. The highest BCUT2D eigenvalue weighted by Gasteiger charge is 2.21. The third-order valence-electron chi connectivity index (χ3n) is 4.12. The van der Waals surface area contributed by atoms with E-state index in [2.05, 4.69) is 56.9 Å². The van der Waals surface area contributed by atoms with Crippen LogP contribution in [-0.2, 0) is 7.05 Å². The van der Waals surface area contributed by atoms with E-state index in [1.165, 1.54) is 16.5 Å². The Morgan fingerprint density at radius 1 is 1.25 bits per heavy atom. The molecule has 0 radical (unpaired) electrons. The Morgan fingerprint density at radius 2 is 2.12 bits per heavy atom. The van der Waals surface area contributed by atoms with Crippen molar-refractivity contribution in [2.45, 2.75) is 19.9 Å². The van der Waals surface area contributed by atoms with Crippen molar-refractivity contribution in [1.82, 2.24) is 25.0 Å². The second-order valence-corrected chi connectivity index (χ2v) is 7.07. The topological polar surface area (TPSA) is 71.4 Å². The van der Waals surface area contributed by atoms with E-state index in [0.717, 1.165) is 21.2 Å². The number of rotatable bonds is 4. The Hall–Kier alpha value is -2.67. The van der Waals surface area contributed by atoms with Gasteiger partial charge in [0.25, 0.3) is 0 Å². The summed E-state index contributed by atoms with van der Waals surface area (Å²) in [6.07, 6.45) is 5.98. The highest BCUT2D eigenvalue weighted by atomic mass is 32.1. The fourth-order valence-corrected chi connectivity index (χ4v) is 3.59. The lowest BCUT2D eigenvalue weighted by Gasteiger charge is -2.16. The number of aromatic nitrogens is 5. The van der Waals surface area contributed by atoms with E-state index in [0.29, 0.717) is 0 Å². The molecule has 0 aliphatic heterocycles. The molecule has 0 bridgehead atoms. The summed E-state index contributed by atoms with van der Waals surface area (Å²) < 4.78 is 1.81. The van der Waals surface area contributed by atoms with Gasteiger partial charge >= 0.3 is 0 Å². The predicted molar refractivity (Wildman–Crippen MR) is 96.4 cm³/mol. The summed E-state index contributed by atoms with van der Waals surface area (Å²) in [6.45, 7) is 4.07. The van der Waals surface area contributed by atoms with E-state index in [-0.39, 0.29) is 6.04 Å². The van der Waals surface area contributed by atoms with Crippen LogP contribution in [0.2, 0.25) is 0 Å². The first-order valence-corrected chi connectivity index (χ1v) is 8.55. The molecule has 0 aliphatic rings. The van der Waals surface area contributed by atoms with E-state index < -0.39 is 0 Å². The summed E-state index contributed by atoms with van der Waals surface area (Å²) in [5.74, 6) is 0. The molecular weight excluding hydrogens is 320 g/mol. The molecule has 3 aromatic heterocycles. The van der Waals surface area contributed by atoms with Crippen LogP contribution in [-0.4, -0.2) is 25.0 Å². The van der Waals surface area contributed by atoms with Gasteiger partial charge in [-0.05, 0) is 19.4 Å². The van der Waals surface area contributed by atoms with E-state index in [1.54, 1.807) is 11.3 Å². The quantitative estimate of drug-likeness (QED) is 0.597. The van der Waals surface area contributed by atoms with Crippen LogP contribution in [0.25, 0.3) is 10.9 Å². The number of nitrogens with zero attached hydrogens (tertiary/aromatic N) is 4. The minimum absolute atomic E-state index is 0.0402. The largest absolute Gasteiger partial charge is 0.361 e. The van der Waals surface area contributed by atoms with E-state index in [1.807, 2.05) is 31.0 Å². The summed E-state index contributed by atoms with van der Waals surface area (Å²) >= 11 is 1.55. The lowest BCUT2D eigenvalue weighted by molar-refractivity contribution is 0.766. The first kappa shape index (κ1) is 14.9. The maximum Gasteiger partial charge on any atom is 0.206 e. The zero-order valence-electron chi connectivity index (χ0n) is 13.7. The van der Waals surface area contributed by atoms with Gasteiger partial charge in [0, 0.05) is 41.5 Å². The molecule has 1 unspecified atom stereocenters. The Bertz CT molecular complexity index is 996. The second kappa shape index (κ2) is 5.76. The number of anilines is 1. The maximum absolute atomic E-state index is 4.33. The zero-order valence-corrected chi connectivity index (χ0v) is 14.6. The molecule has 4 rings (SSSR count). The molecule has 7 heteroatoms. The number of benzene rings is 1. The SMILES string of the molecule is Cc1nnc(NC(c2cnn(C)c2)c2c[nH]c3c(C)cccc23)s1. The van der Waals surface area contributed by atoms with Crippen LogP contribution >= 0.6 is 11.3 Å². The highest BCUT2D eigenvalue weighted by molar-refractivity contribution is 7.15. The highest BCUT2D eigenvalue weighted by Crippen LogP contribution is 2.33. The molecule has 1 aromatic carbocycles. The fourth-order valence-electron chi connectivity index (χ4n) is 2.97. The van der Waals surface area contributed by atoms with Crippen molar-refractivity contribution in [1.29, 1.82) is 0 Å². The summed E-state index contributed by atoms with van der Waals surface area (Å²) in [4.78, 5) is 3.40. The van der Waals surface area contributed by atoms with Crippen molar-refractivity contribution in [2.24, 2.45) is 7.05 Å². The Balaban J connectivity index is 1.83. The van der Waals surface area contributed by atoms with Crippen LogP contribution < -0.4 is 5.32 Å². The summed E-state index contributed by atoms with van der Waals surface area (Å²) in [6, 6.07) is 6.31. The van der Waals surface area contributed by atoms with E-state index in [9.17, 15) is 0 Å². The molecule has 0 aliphatic carbocycles. The molecule has 3 heterocycles. The van der Waals surface area contributed by atoms with Crippen molar-refractivity contribution < 1.29 is 0 Å². The number of aromatic amines is 1. The van der Waals surface area contributed by atoms with E-state index >= 15 is 0 Å². The van der Waals surface area contributed by atoms with E-state index in [4.69, 9.17) is 0 Å². The second-order valence-electron chi connectivity index (χ2n) is 5.89. The fraction of sp³-hybridized carbons (Fsp3) is 0.235. The molecule has 0 saturated heterocycles. The van der Waals surface area contributed by atoms with Crippen LogP contribution in [0.1, 0.15) is 27.7 Å². The van der Waals surface area contributed by atoms with Gasteiger partial charge in [-0.15, -0.1) is 10.2 Å². The standard InChI is InChI=1S/C17H18N6S/c1-10-5-4-6-13-14(8-18-15(10)13)16(12-7-19-23(3)9-12)20-17-22-21-11(2)24-17/h4-9,16,18H,1-3H3,(H,20,22). The smallest absolute Gasteiger partial charge is 0.206 e. The zero-order chi connectivity index (χ0) is 16.7. The molecular formula is C17H18N6S. The van der Waals surface area contributed by atoms with Crippen molar-refractivity contribution in [3.63, 3.8) is 0 Å². The number of nitrogens with one attached hydrogen (secondary N) is 2. The number of H-pyrrole nitrogens is 1. The van der Waals surface area contributed by atoms with Gasteiger partial charge in [0.2, 0.25) is 5.13 Å². The summed E-state index contributed by atoms with van der Waals surface area (Å²) in [5, 5.41) is 19.1. The monoisotopic (exact) mass is 338 g/mol. The van der Waals surface area contributed by atoms with Crippen LogP contribution in [0.3, 0.4) is 0 Å². The average molecular weight is 338 g/mol. The van der Waals surface area contributed by atoms with Crippen LogP contribution in [0, 0.1) is 13.8 Å². The van der Waals surface area contributed by atoms with Gasteiger partial charge < -0.3 is 10.3 Å². The molecule has 0 fully saturated rings. The van der Waals surface area contributed by atoms with Crippen molar-refractivity contribution in [2.75, 3.05) is 5.32 Å². The van der Waals surface area contributed by atoms with Gasteiger partial charge in [-0.3, -0.25) is 4.68 Å². The molecule has 24 heavy (non-hydrogen) atoms. The molecule has 6 nitrogen and oxygen atoms in total. The van der Waals surface area contributed by atoms with Crippen molar-refractivity contribution >= 4 is 27.4 Å².